The highest BCUT2D eigenvalue weighted by atomic mass is 32.2. The van der Waals surface area contributed by atoms with E-state index in [2.05, 4.69) is 10.3 Å². The number of thiocarbonyl (C=S) groups is 1. The van der Waals surface area contributed by atoms with E-state index in [1.54, 1.807) is 0 Å². The van der Waals surface area contributed by atoms with Crippen LogP contribution in [0.2, 0.25) is 0 Å². The molecule has 0 radical (unpaired) electrons. The number of thioether (sulfide) groups is 1. The molecular formula is C9H13N3S2. The van der Waals surface area contributed by atoms with Gasteiger partial charge in [-0.2, -0.15) is 0 Å². The Morgan fingerprint density at radius 3 is 2.64 bits per heavy atom. The monoisotopic (exact) mass is 227 g/mol. The van der Waals surface area contributed by atoms with Crippen LogP contribution in [0.25, 0.3) is 0 Å². The second kappa shape index (κ2) is 5.17. The molecule has 76 valence electrons. The van der Waals surface area contributed by atoms with Gasteiger partial charge in [-0.3, -0.25) is 0 Å². The van der Waals surface area contributed by atoms with Gasteiger partial charge in [0.15, 0.2) is 0 Å². The molecule has 14 heavy (non-hydrogen) atoms. The number of anilines is 2. The fourth-order valence-electron chi connectivity index (χ4n) is 0.880. The zero-order chi connectivity index (χ0) is 10.6. The van der Waals surface area contributed by atoms with E-state index in [-0.39, 0.29) is 0 Å². The Balaban J connectivity index is 2.69. The molecule has 1 N–H and O–H groups in total. The van der Waals surface area contributed by atoms with E-state index in [9.17, 15) is 0 Å². The van der Waals surface area contributed by atoms with E-state index in [1.807, 2.05) is 43.6 Å². The number of nitrogens with one attached hydrogen (secondary N) is 1. The molecule has 0 bridgehead atoms. The Kier molecular flexibility index (Phi) is 4.16. The molecule has 1 aromatic rings. The number of hydrogen-bond donors (Lipinski definition) is 1. The zero-order valence-electron chi connectivity index (χ0n) is 8.44. The standard InChI is InChI=1S/C9H13N3S2/c1-12(2)7-4-5-8(10-6-7)11-9(13)14-3/h4-6H,1-3H3,(H,10,11,13). The van der Waals surface area contributed by atoms with Gasteiger partial charge in [-0.15, -0.1) is 11.8 Å². The summed E-state index contributed by atoms with van der Waals surface area (Å²) in [6.45, 7) is 0. The first-order valence-corrected chi connectivity index (χ1v) is 5.75. The van der Waals surface area contributed by atoms with Crippen LogP contribution in [0.1, 0.15) is 0 Å². The van der Waals surface area contributed by atoms with Gasteiger partial charge in [0.05, 0.1) is 11.9 Å². The lowest BCUT2D eigenvalue weighted by molar-refractivity contribution is 1.11. The number of pyridine rings is 1. The maximum absolute atomic E-state index is 5.02. The highest BCUT2D eigenvalue weighted by molar-refractivity contribution is 8.22. The lowest BCUT2D eigenvalue weighted by atomic mass is 10.4. The molecule has 0 fully saturated rings. The van der Waals surface area contributed by atoms with E-state index < -0.39 is 0 Å². The molecule has 0 aliphatic carbocycles. The van der Waals surface area contributed by atoms with Gasteiger partial charge < -0.3 is 10.2 Å². The summed E-state index contributed by atoms with van der Waals surface area (Å²) in [7, 11) is 3.97. The minimum atomic E-state index is 0.732. The average molecular weight is 227 g/mol. The number of rotatable bonds is 2. The van der Waals surface area contributed by atoms with Gasteiger partial charge in [-0.1, -0.05) is 12.2 Å². The van der Waals surface area contributed by atoms with Crippen LogP contribution in [0.15, 0.2) is 18.3 Å². The molecule has 0 spiro atoms. The molecule has 0 aromatic carbocycles. The molecule has 0 aliphatic heterocycles. The van der Waals surface area contributed by atoms with Crippen molar-refractivity contribution in [2.75, 3.05) is 30.6 Å². The summed E-state index contributed by atoms with van der Waals surface area (Å²) in [5.41, 5.74) is 1.07. The van der Waals surface area contributed by atoms with Gasteiger partial charge in [0.2, 0.25) is 0 Å². The third kappa shape index (κ3) is 3.16. The van der Waals surface area contributed by atoms with Crippen LogP contribution in [0.3, 0.4) is 0 Å². The average Bonchev–Trinajstić information content (AvgIpc) is 2.18. The summed E-state index contributed by atoms with van der Waals surface area (Å²) < 4.78 is 0.732. The van der Waals surface area contributed by atoms with Crippen molar-refractivity contribution in [1.29, 1.82) is 0 Å². The Bertz CT molecular complexity index is 308. The predicted molar refractivity (Wildman–Crippen MR) is 68.3 cm³/mol. The summed E-state index contributed by atoms with van der Waals surface area (Å²) in [4.78, 5) is 6.24. The number of aromatic nitrogens is 1. The van der Waals surface area contributed by atoms with Crippen molar-refractivity contribution in [3.8, 4) is 0 Å². The Morgan fingerprint density at radius 2 is 2.21 bits per heavy atom. The van der Waals surface area contributed by atoms with Crippen LogP contribution < -0.4 is 10.2 Å². The first-order valence-electron chi connectivity index (χ1n) is 4.12. The van der Waals surface area contributed by atoms with E-state index in [4.69, 9.17) is 12.2 Å². The van der Waals surface area contributed by atoms with Gasteiger partial charge in [-0.25, -0.2) is 4.98 Å². The second-order valence-corrected chi connectivity index (χ2v) is 4.40. The lowest BCUT2D eigenvalue weighted by Crippen LogP contribution is -2.10. The third-order valence-electron chi connectivity index (χ3n) is 1.68. The molecule has 0 saturated heterocycles. The van der Waals surface area contributed by atoms with Crippen molar-refractivity contribution in [3.63, 3.8) is 0 Å². The van der Waals surface area contributed by atoms with Crippen molar-refractivity contribution in [1.82, 2.24) is 4.98 Å². The molecular weight excluding hydrogens is 214 g/mol. The van der Waals surface area contributed by atoms with Crippen molar-refractivity contribution < 1.29 is 0 Å². The summed E-state index contributed by atoms with van der Waals surface area (Å²) in [5, 5.41) is 3.02. The largest absolute Gasteiger partial charge is 0.376 e. The molecule has 0 saturated carbocycles. The lowest BCUT2D eigenvalue weighted by Gasteiger charge is -2.12. The molecule has 0 amide bonds. The fourth-order valence-corrected chi connectivity index (χ4v) is 1.19. The molecule has 0 aliphatic rings. The summed E-state index contributed by atoms with van der Waals surface area (Å²) in [6, 6.07) is 3.91. The van der Waals surface area contributed by atoms with E-state index >= 15 is 0 Å². The molecule has 1 rings (SSSR count). The Hall–Kier alpha value is -0.810. The second-order valence-electron chi connectivity index (χ2n) is 2.91. The molecule has 1 heterocycles. The fraction of sp³-hybridized carbons (Fsp3) is 0.333. The SMILES string of the molecule is CSC(=S)Nc1ccc(N(C)C)cn1. The van der Waals surface area contributed by atoms with Gasteiger partial charge in [0.1, 0.15) is 10.1 Å². The van der Waals surface area contributed by atoms with Crippen LogP contribution in [-0.4, -0.2) is 29.7 Å². The molecule has 5 heteroatoms. The first-order chi connectivity index (χ1) is 6.63. The summed E-state index contributed by atoms with van der Waals surface area (Å²) >= 11 is 6.52. The van der Waals surface area contributed by atoms with E-state index in [1.165, 1.54) is 11.8 Å². The van der Waals surface area contributed by atoms with Crippen LogP contribution in [0.5, 0.6) is 0 Å². The number of nitrogens with zero attached hydrogens (tertiary/aromatic N) is 2. The molecule has 3 nitrogen and oxygen atoms in total. The Labute approximate surface area is 93.9 Å². The minimum Gasteiger partial charge on any atom is -0.376 e. The van der Waals surface area contributed by atoms with Crippen LogP contribution in [0, 0.1) is 0 Å². The Morgan fingerprint density at radius 1 is 1.50 bits per heavy atom. The molecule has 1 aromatic heterocycles. The minimum absolute atomic E-state index is 0.732. The van der Waals surface area contributed by atoms with Crippen molar-refractivity contribution >= 4 is 39.8 Å². The number of hydrogen-bond acceptors (Lipinski definition) is 4. The van der Waals surface area contributed by atoms with Gasteiger partial charge >= 0.3 is 0 Å². The summed E-state index contributed by atoms with van der Waals surface area (Å²) in [5.74, 6) is 0.787. The molecule has 0 atom stereocenters. The van der Waals surface area contributed by atoms with Crippen molar-refractivity contribution in [2.24, 2.45) is 0 Å². The normalized spacial score (nSPS) is 9.64. The highest BCUT2D eigenvalue weighted by Crippen LogP contribution is 2.13. The third-order valence-corrected chi connectivity index (χ3v) is 2.75. The topological polar surface area (TPSA) is 28.2 Å². The van der Waals surface area contributed by atoms with Crippen molar-refractivity contribution in [3.05, 3.63) is 18.3 Å². The maximum Gasteiger partial charge on any atom is 0.139 e. The highest BCUT2D eigenvalue weighted by Gasteiger charge is 1.98. The maximum atomic E-state index is 5.02. The van der Waals surface area contributed by atoms with Crippen LogP contribution >= 0.6 is 24.0 Å². The van der Waals surface area contributed by atoms with Gasteiger partial charge in [-0.05, 0) is 18.4 Å². The van der Waals surface area contributed by atoms with Crippen LogP contribution in [-0.2, 0) is 0 Å². The first kappa shape index (κ1) is 11.3. The van der Waals surface area contributed by atoms with Crippen molar-refractivity contribution in [2.45, 2.75) is 0 Å². The van der Waals surface area contributed by atoms with Gasteiger partial charge in [0.25, 0.3) is 0 Å². The summed E-state index contributed by atoms with van der Waals surface area (Å²) in [6.07, 6.45) is 3.74. The van der Waals surface area contributed by atoms with E-state index in [0.717, 1.165) is 15.8 Å². The molecule has 0 unspecified atom stereocenters. The quantitative estimate of drug-likeness (QED) is 0.782. The van der Waals surface area contributed by atoms with E-state index in [0.29, 0.717) is 0 Å². The smallest absolute Gasteiger partial charge is 0.139 e. The predicted octanol–water partition coefficient (Wildman–Crippen LogP) is 2.21. The van der Waals surface area contributed by atoms with Crippen LogP contribution in [0.4, 0.5) is 11.5 Å². The zero-order valence-corrected chi connectivity index (χ0v) is 10.1. The van der Waals surface area contributed by atoms with Gasteiger partial charge in [0, 0.05) is 14.1 Å².